The first kappa shape index (κ1) is 24.6. The van der Waals surface area contributed by atoms with E-state index in [0.29, 0.717) is 6.42 Å². The SMILES string of the molecule is Nc1nnc(S(=O)(=O)NC2(C(F)(F)F)C(=O)Nc3c2c(=O)[nH]c(=O)n3CCCc2ccccc2)s1. The molecule has 1 atom stereocenters. The van der Waals surface area contributed by atoms with E-state index in [2.05, 4.69) is 10.2 Å². The zero-order chi connectivity index (χ0) is 25.6. The number of nitrogens with zero attached hydrogens (tertiary/aromatic N) is 3. The van der Waals surface area contributed by atoms with Gasteiger partial charge in [0, 0.05) is 6.54 Å². The Morgan fingerprint density at radius 1 is 1.14 bits per heavy atom. The van der Waals surface area contributed by atoms with Crippen LogP contribution in [0.3, 0.4) is 0 Å². The third kappa shape index (κ3) is 4.21. The Morgan fingerprint density at radius 2 is 1.83 bits per heavy atom. The molecular weight excluding hydrogens is 515 g/mol. The predicted molar refractivity (Wildman–Crippen MR) is 117 cm³/mol. The lowest BCUT2D eigenvalue weighted by Crippen LogP contribution is -2.61. The highest BCUT2D eigenvalue weighted by Gasteiger charge is 2.69. The summed E-state index contributed by atoms with van der Waals surface area (Å²) in [7, 11) is -5.14. The van der Waals surface area contributed by atoms with Gasteiger partial charge in [-0.25, -0.2) is 13.2 Å². The molecule has 35 heavy (non-hydrogen) atoms. The number of aromatic nitrogens is 4. The molecule has 0 spiro atoms. The molecule has 1 amide bonds. The number of hydrogen-bond donors (Lipinski definition) is 4. The molecule has 3 heterocycles. The minimum Gasteiger partial charge on any atom is -0.374 e. The summed E-state index contributed by atoms with van der Waals surface area (Å²) >= 11 is 0.254. The fraction of sp³-hybridized carbons (Fsp3) is 0.278. The fourth-order valence-corrected chi connectivity index (χ4v) is 5.77. The molecule has 1 aliphatic heterocycles. The third-order valence-corrected chi connectivity index (χ3v) is 7.77. The highest BCUT2D eigenvalue weighted by atomic mass is 32.2. The molecule has 17 heteroatoms. The largest absolute Gasteiger partial charge is 0.421 e. The monoisotopic (exact) mass is 531 g/mol. The first-order valence-corrected chi connectivity index (χ1v) is 12.1. The van der Waals surface area contributed by atoms with Crippen LogP contribution in [0, 0.1) is 0 Å². The summed E-state index contributed by atoms with van der Waals surface area (Å²) < 4.78 is 69.6. The van der Waals surface area contributed by atoms with Crippen molar-refractivity contribution in [1.29, 1.82) is 0 Å². The lowest BCUT2D eigenvalue weighted by atomic mass is 9.93. The minimum absolute atomic E-state index is 0.180. The maximum absolute atomic E-state index is 14.4. The van der Waals surface area contributed by atoms with Crippen molar-refractivity contribution < 1.29 is 26.4 Å². The second-order valence-electron chi connectivity index (χ2n) is 7.44. The Labute approximate surface area is 198 Å². The number of aryl methyl sites for hydroxylation is 1. The average molecular weight is 531 g/mol. The van der Waals surface area contributed by atoms with Crippen LogP contribution >= 0.6 is 11.3 Å². The van der Waals surface area contributed by atoms with Crippen LogP contribution in [0.2, 0.25) is 0 Å². The van der Waals surface area contributed by atoms with E-state index in [1.54, 1.807) is 23.2 Å². The van der Waals surface area contributed by atoms with Gasteiger partial charge in [-0.1, -0.05) is 41.7 Å². The van der Waals surface area contributed by atoms with Gasteiger partial charge in [0.2, 0.25) is 15.0 Å². The number of amides is 1. The number of aromatic amines is 1. The second-order valence-corrected chi connectivity index (χ2v) is 10.3. The number of nitrogen functional groups attached to an aromatic ring is 1. The summed E-state index contributed by atoms with van der Waals surface area (Å²) in [6.07, 6.45) is -4.94. The molecule has 1 aromatic carbocycles. The van der Waals surface area contributed by atoms with Crippen molar-refractivity contribution in [2.75, 3.05) is 11.1 Å². The van der Waals surface area contributed by atoms with E-state index in [1.165, 1.54) is 4.72 Å². The van der Waals surface area contributed by atoms with Gasteiger partial charge in [-0.15, -0.1) is 10.2 Å². The maximum Gasteiger partial charge on any atom is 0.421 e. The Kier molecular flexibility index (Phi) is 6.02. The summed E-state index contributed by atoms with van der Waals surface area (Å²) in [5, 5.41) is 7.96. The molecule has 0 saturated carbocycles. The topological polar surface area (TPSA) is 182 Å². The van der Waals surface area contributed by atoms with Crippen molar-refractivity contribution >= 4 is 38.2 Å². The Bertz CT molecular complexity index is 1520. The summed E-state index contributed by atoms with van der Waals surface area (Å²) in [5.74, 6) is -2.66. The Balaban J connectivity index is 1.81. The fourth-order valence-electron chi connectivity index (χ4n) is 3.66. The number of sulfonamides is 1. The van der Waals surface area contributed by atoms with Gasteiger partial charge in [-0.05, 0) is 18.4 Å². The van der Waals surface area contributed by atoms with Crippen LogP contribution in [0.15, 0.2) is 44.3 Å². The molecule has 2 aromatic heterocycles. The van der Waals surface area contributed by atoms with Crippen molar-refractivity contribution in [1.82, 2.24) is 24.5 Å². The zero-order valence-electron chi connectivity index (χ0n) is 17.4. The van der Waals surface area contributed by atoms with Gasteiger partial charge in [0.25, 0.3) is 21.5 Å². The van der Waals surface area contributed by atoms with Crippen molar-refractivity contribution in [3.63, 3.8) is 0 Å². The number of carbonyl (C=O) groups excluding carboxylic acids is 1. The van der Waals surface area contributed by atoms with Crippen LogP contribution in [-0.4, -0.2) is 40.2 Å². The lowest BCUT2D eigenvalue weighted by molar-refractivity contribution is -0.194. The molecule has 1 unspecified atom stereocenters. The molecule has 3 aromatic rings. The lowest BCUT2D eigenvalue weighted by Gasteiger charge is -2.29. The summed E-state index contributed by atoms with van der Waals surface area (Å²) in [6, 6.07) is 8.99. The number of rotatable bonds is 7. The number of halogens is 3. The molecule has 1 aliphatic rings. The molecule has 0 bridgehead atoms. The van der Waals surface area contributed by atoms with Gasteiger partial charge in [-0.3, -0.25) is 19.1 Å². The van der Waals surface area contributed by atoms with E-state index in [4.69, 9.17) is 5.73 Å². The van der Waals surface area contributed by atoms with Gasteiger partial charge in [0.15, 0.2) is 0 Å². The summed E-state index contributed by atoms with van der Waals surface area (Å²) in [4.78, 5) is 39.5. The Hall–Kier alpha value is -3.57. The van der Waals surface area contributed by atoms with Crippen molar-refractivity contribution in [2.24, 2.45) is 0 Å². The first-order valence-electron chi connectivity index (χ1n) is 9.79. The Morgan fingerprint density at radius 3 is 2.43 bits per heavy atom. The molecule has 0 radical (unpaired) electrons. The normalized spacial score (nSPS) is 17.9. The number of carbonyl (C=O) groups is 1. The van der Waals surface area contributed by atoms with Crippen LogP contribution in [0.5, 0.6) is 0 Å². The zero-order valence-corrected chi connectivity index (χ0v) is 19.1. The number of H-pyrrole nitrogens is 1. The maximum atomic E-state index is 14.4. The molecule has 0 aliphatic carbocycles. The van der Waals surface area contributed by atoms with Crippen LogP contribution in [0.1, 0.15) is 17.5 Å². The third-order valence-electron chi connectivity index (χ3n) is 5.20. The quantitative estimate of drug-likeness (QED) is 0.335. The summed E-state index contributed by atoms with van der Waals surface area (Å²) in [5.41, 5.74) is -1.80. The van der Waals surface area contributed by atoms with Crippen LogP contribution < -0.4 is 27.0 Å². The number of hydrogen-bond acceptors (Lipinski definition) is 9. The number of anilines is 2. The average Bonchev–Trinajstić information content (AvgIpc) is 3.33. The van der Waals surface area contributed by atoms with Crippen LogP contribution in [0.4, 0.5) is 24.1 Å². The molecule has 186 valence electrons. The van der Waals surface area contributed by atoms with Gasteiger partial charge in [-0.2, -0.15) is 17.9 Å². The van der Waals surface area contributed by atoms with Gasteiger partial charge in [0.05, 0.1) is 5.56 Å². The molecular formula is C18H16F3N7O5S2. The van der Waals surface area contributed by atoms with E-state index >= 15 is 0 Å². The number of fused-ring (bicyclic) bond motifs is 1. The van der Waals surface area contributed by atoms with Crippen LogP contribution in [-0.2, 0) is 33.3 Å². The van der Waals surface area contributed by atoms with Gasteiger partial charge < -0.3 is 11.1 Å². The van der Waals surface area contributed by atoms with E-state index in [9.17, 15) is 36.0 Å². The molecule has 12 nitrogen and oxygen atoms in total. The van der Waals surface area contributed by atoms with Gasteiger partial charge in [0.1, 0.15) is 5.82 Å². The number of alkyl halides is 3. The minimum atomic E-state index is -5.63. The van der Waals surface area contributed by atoms with Gasteiger partial charge >= 0.3 is 11.9 Å². The highest BCUT2D eigenvalue weighted by molar-refractivity contribution is 7.91. The van der Waals surface area contributed by atoms with Crippen molar-refractivity contribution in [3.05, 3.63) is 62.3 Å². The molecule has 0 fully saturated rings. The first-order chi connectivity index (χ1) is 16.4. The highest BCUT2D eigenvalue weighted by Crippen LogP contribution is 2.46. The molecule has 4 rings (SSSR count). The van der Waals surface area contributed by atoms with Crippen LogP contribution in [0.25, 0.3) is 0 Å². The smallest absolute Gasteiger partial charge is 0.374 e. The number of nitrogens with two attached hydrogens (primary N) is 1. The number of nitrogens with one attached hydrogen (secondary N) is 3. The molecule has 5 N–H and O–H groups in total. The second kappa shape index (κ2) is 8.58. The van der Waals surface area contributed by atoms with E-state index < -0.39 is 54.6 Å². The van der Waals surface area contributed by atoms with E-state index in [1.807, 2.05) is 17.4 Å². The van der Waals surface area contributed by atoms with Crippen molar-refractivity contribution in [3.8, 4) is 0 Å². The van der Waals surface area contributed by atoms with Crippen molar-refractivity contribution in [2.45, 2.75) is 35.4 Å². The molecule has 0 saturated heterocycles. The summed E-state index contributed by atoms with van der Waals surface area (Å²) in [6.45, 7) is -0.180. The predicted octanol–water partition coefficient (Wildman–Crippen LogP) is 0.291. The van der Waals surface area contributed by atoms with E-state index in [-0.39, 0.29) is 29.4 Å². The van der Waals surface area contributed by atoms with E-state index in [0.717, 1.165) is 10.1 Å². The standard InChI is InChI=1S/C18H16F3N7O5S2/c19-18(20,21)17(27-35(32,33)16-26-25-14(22)34-16)10-11(23-13(17)30)28(15(31)24-12(10)29)8-4-7-9-5-2-1-3-6-9/h1-3,5-6,27H,4,7-8H2,(H2,22,25)(H,23,30)(H,24,29,31). The number of benzene rings is 1.